The molecule has 2 rings (SSSR count). The van der Waals surface area contributed by atoms with E-state index >= 15 is 0 Å². The zero-order valence-corrected chi connectivity index (χ0v) is 13.0. The van der Waals surface area contributed by atoms with Gasteiger partial charge in [0.15, 0.2) is 0 Å². The van der Waals surface area contributed by atoms with Gasteiger partial charge >= 0.3 is 0 Å². The fourth-order valence-corrected chi connectivity index (χ4v) is 2.64. The van der Waals surface area contributed by atoms with Crippen molar-refractivity contribution in [3.8, 4) is 0 Å². The summed E-state index contributed by atoms with van der Waals surface area (Å²) in [4.78, 5) is 12.0. The van der Waals surface area contributed by atoms with Crippen molar-refractivity contribution in [3.63, 3.8) is 0 Å². The van der Waals surface area contributed by atoms with Crippen LogP contribution in [0.15, 0.2) is 29.3 Å². The van der Waals surface area contributed by atoms with E-state index in [1.54, 1.807) is 19.9 Å². The van der Waals surface area contributed by atoms with Crippen LogP contribution >= 0.6 is 12.2 Å². The molecule has 21 heavy (non-hydrogen) atoms. The molecule has 0 atom stereocenters. The van der Waals surface area contributed by atoms with Crippen LogP contribution in [0.5, 0.6) is 0 Å². The third kappa shape index (κ3) is 3.70. The van der Waals surface area contributed by atoms with Crippen molar-refractivity contribution in [3.05, 3.63) is 41.5 Å². The first-order valence-electron chi connectivity index (χ1n) is 5.89. The van der Waals surface area contributed by atoms with Gasteiger partial charge in [-0.05, 0) is 32.0 Å². The Morgan fingerprint density at radius 1 is 1.24 bits per heavy atom. The molecule has 9 heteroatoms. The van der Waals surface area contributed by atoms with Gasteiger partial charge in [0.2, 0.25) is 5.95 Å². The van der Waals surface area contributed by atoms with E-state index in [1.165, 1.54) is 18.3 Å². The molecule has 0 saturated heterocycles. The molecular formula is C12H13N5O2S2. The maximum Gasteiger partial charge on any atom is 0.265 e. The third-order valence-electron chi connectivity index (χ3n) is 2.51. The Hall–Kier alpha value is -2.13. The van der Waals surface area contributed by atoms with E-state index in [-0.39, 0.29) is 15.8 Å². The summed E-state index contributed by atoms with van der Waals surface area (Å²) in [6.45, 7) is 3.51. The monoisotopic (exact) mass is 323 g/mol. The van der Waals surface area contributed by atoms with Crippen LogP contribution in [0.1, 0.15) is 17.1 Å². The molecule has 0 spiro atoms. The van der Waals surface area contributed by atoms with Crippen molar-refractivity contribution in [1.82, 2.24) is 15.0 Å². The van der Waals surface area contributed by atoms with Crippen molar-refractivity contribution in [1.29, 1.82) is 0 Å². The minimum atomic E-state index is -3.81. The topological polar surface area (TPSA) is 111 Å². The molecule has 0 aliphatic carbocycles. The standard InChI is InChI=1S/C12H13N5O2S2/c1-7-5-8(2)16-12(15-7)17-21(18,19)9-3-4-10(11(13)20)14-6-9/h3-6H,1-2H3,(H2,13,20)(H,15,16,17). The van der Waals surface area contributed by atoms with Crippen molar-refractivity contribution < 1.29 is 8.42 Å². The average Bonchev–Trinajstić information content (AvgIpc) is 2.37. The predicted octanol–water partition coefficient (Wildman–Crippen LogP) is 0.923. The number of aryl methyl sites for hydroxylation is 2. The second kappa shape index (κ2) is 5.70. The van der Waals surface area contributed by atoms with Crippen molar-refractivity contribution in [2.24, 2.45) is 5.73 Å². The second-order valence-corrected chi connectivity index (χ2v) is 6.45. The van der Waals surface area contributed by atoms with E-state index in [0.717, 1.165) is 0 Å². The number of nitrogens with two attached hydrogens (primary N) is 1. The Morgan fingerprint density at radius 2 is 1.86 bits per heavy atom. The lowest BCUT2D eigenvalue weighted by Crippen LogP contribution is -2.17. The Labute approximate surface area is 127 Å². The Balaban J connectivity index is 2.31. The normalized spacial score (nSPS) is 11.1. The summed E-state index contributed by atoms with van der Waals surface area (Å²) in [7, 11) is -3.81. The van der Waals surface area contributed by atoms with E-state index in [9.17, 15) is 8.42 Å². The lowest BCUT2D eigenvalue weighted by atomic mass is 10.3. The lowest BCUT2D eigenvalue weighted by molar-refractivity contribution is 0.600. The van der Waals surface area contributed by atoms with E-state index in [1.807, 2.05) is 0 Å². The molecule has 2 aromatic heterocycles. The predicted molar refractivity (Wildman–Crippen MR) is 82.4 cm³/mol. The van der Waals surface area contributed by atoms with Gasteiger partial charge in [-0.1, -0.05) is 12.2 Å². The number of thiocarbonyl (C=S) groups is 1. The quantitative estimate of drug-likeness (QED) is 0.805. The molecular weight excluding hydrogens is 310 g/mol. The highest BCUT2D eigenvalue weighted by Crippen LogP contribution is 2.13. The molecule has 2 aromatic rings. The van der Waals surface area contributed by atoms with Gasteiger partial charge in [-0.3, -0.25) is 4.98 Å². The molecule has 0 fully saturated rings. The largest absolute Gasteiger partial charge is 0.388 e. The molecule has 0 aliphatic heterocycles. The van der Waals surface area contributed by atoms with Gasteiger partial charge in [0, 0.05) is 17.6 Å². The fraction of sp³-hybridized carbons (Fsp3) is 0.167. The number of nitrogens with zero attached hydrogens (tertiary/aromatic N) is 3. The highest BCUT2D eigenvalue weighted by Gasteiger charge is 2.16. The summed E-state index contributed by atoms with van der Waals surface area (Å²) in [6.07, 6.45) is 1.18. The molecule has 0 bridgehead atoms. The number of sulfonamides is 1. The highest BCUT2D eigenvalue weighted by molar-refractivity contribution is 7.92. The number of anilines is 1. The molecule has 2 heterocycles. The van der Waals surface area contributed by atoms with Crippen LogP contribution in [0.4, 0.5) is 5.95 Å². The van der Waals surface area contributed by atoms with Gasteiger partial charge in [-0.15, -0.1) is 0 Å². The number of hydrogen-bond donors (Lipinski definition) is 2. The number of rotatable bonds is 4. The molecule has 110 valence electrons. The van der Waals surface area contributed by atoms with Crippen LogP contribution in [0.3, 0.4) is 0 Å². The Morgan fingerprint density at radius 3 is 2.33 bits per heavy atom. The highest BCUT2D eigenvalue weighted by atomic mass is 32.2. The van der Waals surface area contributed by atoms with Crippen molar-refractivity contribution >= 4 is 33.2 Å². The average molecular weight is 323 g/mol. The zero-order chi connectivity index (χ0) is 15.6. The zero-order valence-electron chi connectivity index (χ0n) is 11.4. The number of pyridine rings is 1. The van der Waals surface area contributed by atoms with Crippen LogP contribution in [0.25, 0.3) is 0 Å². The molecule has 0 aliphatic rings. The molecule has 0 aromatic carbocycles. The van der Waals surface area contributed by atoms with Gasteiger partial charge in [-0.25, -0.2) is 23.1 Å². The van der Waals surface area contributed by atoms with Crippen molar-refractivity contribution in [2.75, 3.05) is 4.72 Å². The minimum absolute atomic E-state index is 0.0194. The van der Waals surface area contributed by atoms with Crippen LogP contribution in [-0.4, -0.2) is 28.4 Å². The summed E-state index contributed by atoms with van der Waals surface area (Å²) in [6, 6.07) is 4.56. The van der Waals surface area contributed by atoms with Crippen LogP contribution in [0, 0.1) is 13.8 Å². The third-order valence-corrected chi connectivity index (χ3v) is 4.03. The fourth-order valence-electron chi connectivity index (χ4n) is 1.64. The SMILES string of the molecule is Cc1cc(C)nc(NS(=O)(=O)c2ccc(C(N)=S)nc2)n1. The summed E-state index contributed by atoms with van der Waals surface area (Å²) in [5.74, 6) is 0.0194. The summed E-state index contributed by atoms with van der Waals surface area (Å²) in [5.41, 5.74) is 7.10. The molecule has 0 unspecified atom stereocenters. The van der Waals surface area contributed by atoms with E-state index in [0.29, 0.717) is 17.1 Å². The minimum Gasteiger partial charge on any atom is -0.388 e. The van der Waals surface area contributed by atoms with Gasteiger partial charge in [0.1, 0.15) is 9.88 Å². The molecule has 0 saturated carbocycles. The van der Waals surface area contributed by atoms with E-state index in [2.05, 4.69) is 19.7 Å². The van der Waals surface area contributed by atoms with Crippen molar-refractivity contribution in [2.45, 2.75) is 18.7 Å². The van der Waals surface area contributed by atoms with Crippen LogP contribution < -0.4 is 10.5 Å². The Kier molecular flexibility index (Phi) is 4.14. The summed E-state index contributed by atoms with van der Waals surface area (Å²) in [5, 5.41) is 0. The maximum absolute atomic E-state index is 12.2. The smallest absolute Gasteiger partial charge is 0.265 e. The maximum atomic E-state index is 12.2. The summed E-state index contributed by atoms with van der Waals surface area (Å²) < 4.78 is 26.7. The van der Waals surface area contributed by atoms with Gasteiger partial charge in [0.05, 0.1) is 5.69 Å². The first-order valence-corrected chi connectivity index (χ1v) is 7.78. The summed E-state index contributed by atoms with van der Waals surface area (Å²) >= 11 is 4.76. The van der Waals surface area contributed by atoms with Gasteiger partial charge < -0.3 is 5.73 Å². The lowest BCUT2D eigenvalue weighted by Gasteiger charge is -2.08. The second-order valence-electron chi connectivity index (χ2n) is 4.32. The van der Waals surface area contributed by atoms with Gasteiger partial charge in [0.25, 0.3) is 10.0 Å². The molecule has 7 nitrogen and oxygen atoms in total. The molecule has 0 radical (unpaired) electrons. The molecule has 3 N–H and O–H groups in total. The number of nitrogens with one attached hydrogen (secondary N) is 1. The first kappa shape index (κ1) is 15.3. The van der Waals surface area contributed by atoms with Crippen LogP contribution in [0.2, 0.25) is 0 Å². The van der Waals surface area contributed by atoms with Crippen LogP contribution in [-0.2, 0) is 10.0 Å². The number of aromatic nitrogens is 3. The van der Waals surface area contributed by atoms with E-state index in [4.69, 9.17) is 18.0 Å². The molecule has 0 amide bonds. The number of hydrogen-bond acceptors (Lipinski definition) is 6. The Bertz CT molecular complexity index is 768. The first-order chi connectivity index (χ1) is 9.78. The van der Waals surface area contributed by atoms with Gasteiger partial charge in [-0.2, -0.15) is 0 Å². The van der Waals surface area contributed by atoms with E-state index < -0.39 is 10.0 Å².